The van der Waals surface area contributed by atoms with E-state index in [0.717, 1.165) is 5.52 Å². The first-order valence-corrected chi connectivity index (χ1v) is 9.13. The topological polar surface area (TPSA) is 91.1 Å². The lowest BCUT2D eigenvalue weighted by atomic mass is 9.97. The van der Waals surface area contributed by atoms with E-state index in [0.29, 0.717) is 33.8 Å². The molecular weight excluding hydrogens is 352 g/mol. The van der Waals surface area contributed by atoms with Gasteiger partial charge < -0.3 is 4.52 Å². The van der Waals surface area contributed by atoms with E-state index in [-0.39, 0.29) is 11.0 Å². The molecule has 1 aromatic carbocycles. The normalized spacial score (nSPS) is 12.3. The van der Waals surface area contributed by atoms with Crippen molar-refractivity contribution in [3.63, 3.8) is 0 Å². The van der Waals surface area contributed by atoms with Crippen LogP contribution in [0.3, 0.4) is 0 Å². The lowest BCUT2D eigenvalue weighted by Crippen LogP contribution is -2.20. The molecule has 3 aromatic heterocycles. The number of aromatic nitrogens is 6. The number of hydrogen-bond acceptors (Lipinski definition) is 7. The first kappa shape index (κ1) is 16.8. The van der Waals surface area contributed by atoms with Crippen LogP contribution in [-0.4, -0.2) is 29.3 Å². The Morgan fingerprint density at radius 2 is 1.96 bits per heavy atom. The van der Waals surface area contributed by atoms with Gasteiger partial charge in [0.05, 0.1) is 16.7 Å². The second-order valence-corrected chi connectivity index (χ2v) is 8.00. The molecule has 0 unspecified atom stereocenters. The van der Waals surface area contributed by atoms with Gasteiger partial charge in [0.15, 0.2) is 11.0 Å². The Hall–Kier alpha value is -2.68. The van der Waals surface area contributed by atoms with E-state index in [9.17, 15) is 4.79 Å². The Morgan fingerprint density at radius 3 is 2.69 bits per heavy atom. The Kier molecular flexibility index (Phi) is 3.83. The molecule has 3 heterocycles. The van der Waals surface area contributed by atoms with Crippen molar-refractivity contribution in [1.82, 2.24) is 29.3 Å². The number of rotatable bonds is 3. The third kappa shape index (κ3) is 2.68. The molecule has 0 amide bonds. The van der Waals surface area contributed by atoms with Gasteiger partial charge in [-0.05, 0) is 12.1 Å². The summed E-state index contributed by atoms with van der Waals surface area (Å²) >= 11 is 1.45. The second kappa shape index (κ2) is 5.94. The minimum absolute atomic E-state index is 0.0926. The first-order chi connectivity index (χ1) is 12.4. The summed E-state index contributed by atoms with van der Waals surface area (Å²) in [5.41, 5.74) is 0.498. The van der Waals surface area contributed by atoms with Gasteiger partial charge in [0.25, 0.3) is 5.56 Å². The molecule has 0 spiro atoms. The Balaban J connectivity index is 1.74. The van der Waals surface area contributed by atoms with E-state index in [1.54, 1.807) is 13.1 Å². The predicted octanol–water partition coefficient (Wildman–Crippen LogP) is 2.55. The molecule has 0 fully saturated rings. The summed E-state index contributed by atoms with van der Waals surface area (Å²) in [5.74, 6) is 2.20. The number of hydrogen-bond donors (Lipinski definition) is 0. The fraction of sp³-hybridized carbons (Fsp3) is 0.353. The highest BCUT2D eigenvalue weighted by molar-refractivity contribution is 7.98. The molecule has 0 aliphatic rings. The third-order valence-corrected chi connectivity index (χ3v) is 4.96. The largest absolute Gasteiger partial charge is 0.339 e. The summed E-state index contributed by atoms with van der Waals surface area (Å²) in [4.78, 5) is 16.9. The molecule has 26 heavy (non-hydrogen) atoms. The fourth-order valence-electron chi connectivity index (χ4n) is 2.65. The van der Waals surface area contributed by atoms with Crippen LogP contribution in [0.5, 0.6) is 0 Å². The number of nitrogens with zero attached hydrogens (tertiary/aromatic N) is 6. The maximum Gasteiger partial charge on any atom is 0.262 e. The van der Waals surface area contributed by atoms with Gasteiger partial charge in [0, 0.05) is 12.5 Å². The Bertz CT molecular complexity index is 1170. The van der Waals surface area contributed by atoms with E-state index in [1.165, 1.54) is 16.3 Å². The second-order valence-electron chi connectivity index (χ2n) is 7.05. The molecule has 0 saturated carbocycles. The van der Waals surface area contributed by atoms with Gasteiger partial charge in [0.1, 0.15) is 0 Å². The van der Waals surface area contributed by atoms with Gasteiger partial charge in [-0.3, -0.25) is 13.8 Å². The van der Waals surface area contributed by atoms with Crippen LogP contribution in [-0.2, 0) is 18.2 Å². The van der Waals surface area contributed by atoms with Crippen LogP contribution >= 0.6 is 11.8 Å². The fourth-order valence-corrected chi connectivity index (χ4v) is 3.43. The van der Waals surface area contributed by atoms with Crippen LogP contribution in [0.15, 0.2) is 38.7 Å². The maximum absolute atomic E-state index is 12.5. The number of para-hydroxylation sites is 1. The molecule has 4 aromatic rings. The average molecular weight is 370 g/mol. The molecule has 0 aliphatic carbocycles. The summed E-state index contributed by atoms with van der Waals surface area (Å²) < 4.78 is 8.72. The highest BCUT2D eigenvalue weighted by Gasteiger charge is 2.22. The van der Waals surface area contributed by atoms with Crippen molar-refractivity contribution in [2.45, 2.75) is 37.1 Å². The molecule has 0 aliphatic heterocycles. The molecular formula is C17H18N6O2S. The molecule has 8 nitrogen and oxygen atoms in total. The molecule has 4 rings (SSSR count). The van der Waals surface area contributed by atoms with E-state index < -0.39 is 0 Å². The monoisotopic (exact) mass is 370 g/mol. The SMILES string of the molecule is Cn1c(=O)c2ccccc2n2c(SCc3noc(C(C)(C)C)n3)nnc12. The van der Waals surface area contributed by atoms with Crippen LogP contribution in [0.25, 0.3) is 16.7 Å². The van der Waals surface area contributed by atoms with Crippen molar-refractivity contribution >= 4 is 28.4 Å². The maximum atomic E-state index is 12.5. The molecule has 9 heteroatoms. The Labute approximate surface area is 153 Å². The van der Waals surface area contributed by atoms with Crippen LogP contribution < -0.4 is 5.56 Å². The van der Waals surface area contributed by atoms with Crippen molar-refractivity contribution in [3.05, 3.63) is 46.3 Å². The van der Waals surface area contributed by atoms with Gasteiger partial charge in [-0.15, -0.1) is 10.2 Å². The van der Waals surface area contributed by atoms with Crippen molar-refractivity contribution in [2.24, 2.45) is 7.05 Å². The molecule has 0 saturated heterocycles. The third-order valence-electron chi connectivity index (χ3n) is 4.04. The molecule has 0 atom stereocenters. The summed E-state index contributed by atoms with van der Waals surface area (Å²) in [7, 11) is 1.70. The van der Waals surface area contributed by atoms with Crippen LogP contribution in [0.4, 0.5) is 0 Å². The standard InChI is InChI=1S/C17H18N6O2S/c1-17(2,3)14-18-12(21-25-14)9-26-16-20-19-15-22(4)13(24)10-7-5-6-8-11(10)23(15)16/h5-8H,9H2,1-4H3. The predicted molar refractivity (Wildman–Crippen MR) is 98.3 cm³/mol. The lowest BCUT2D eigenvalue weighted by molar-refractivity contribution is 0.319. The van der Waals surface area contributed by atoms with E-state index in [1.807, 2.05) is 43.4 Å². The lowest BCUT2D eigenvalue weighted by Gasteiger charge is -2.10. The highest BCUT2D eigenvalue weighted by Crippen LogP contribution is 2.25. The van der Waals surface area contributed by atoms with Crippen molar-refractivity contribution in [1.29, 1.82) is 0 Å². The minimum atomic E-state index is -0.189. The van der Waals surface area contributed by atoms with Crippen molar-refractivity contribution in [3.8, 4) is 0 Å². The zero-order valence-corrected chi connectivity index (χ0v) is 15.7. The van der Waals surface area contributed by atoms with Crippen molar-refractivity contribution in [2.75, 3.05) is 0 Å². The minimum Gasteiger partial charge on any atom is -0.339 e. The number of thioether (sulfide) groups is 1. The number of aryl methyl sites for hydroxylation is 1. The quantitative estimate of drug-likeness (QED) is 0.512. The van der Waals surface area contributed by atoms with Crippen LogP contribution in [0, 0.1) is 0 Å². The molecule has 0 radical (unpaired) electrons. The van der Waals surface area contributed by atoms with Gasteiger partial charge >= 0.3 is 0 Å². The van der Waals surface area contributed by atoms with Crippen LogP contribution in [0.1, 0.15) is 32.5 Å². The van der Waals surface area contributed by atoms with Crippen LogP contribution in [0.2, 0.25) is 0 Å². The van der Waals surface area contributed by atoms with Gasteiger partial charge in [-0.2, -0.15) is 4.98 Å². The summed E-state index contributed by atoms with van der Waals surface area (Å²) in [6, 6.07) is 7.44. The molecule has 0 N–H and O–H groups in total. The van der Waals surface area contributed by atoms with E-state index in [2.05, 4.69) is 20.3 Å². The first-order valence-electron chi connectivity index (χ1n) is 8.15. The van der Waals surface area contributed by atoms with Gasteiger partial charge in [0.2, 0.25) is 11.7 Å². The van der Waals surface area contributed by atoms with Gasteiger partial charge in [-0.1, -0.05) is 49.8 Å². The molecule has 0 bridgehead atoms. The number of fused-ring (bicyclic) bond motifs is 3. The average Bonchev–Trinajstić information content (AvgIpc) is 3.24. The summed E-state index contributed by atoms with van der Waals surface area (Å²) in [6.45, 7) is 6.07. The smallest absolute Gasteiger partial charge is 0.262 e. The van der Waals surface area contributed by atoms with Gasteiger partial charge in [-0.25, -0.2) is 0 Å². The summed E-state index contributed by atoms with van der Waals surface area (Å²) in [5, 5.41) is 13.8. The van der Waals surface area contributed by atoms with Crippen molar-refractivity contribution < 1.29 is 4.52 Å². The van der Waals surface area contributed by atoms with E-state index in [4.69, 9.17) is 4.52 Å². The highest BCUT2D eigenvalue weighted by atomic mass is 32.2. The Morgan fingerprint density at radius 1 is 1.19 bits per heavy atom. The zero-order chi connectivity index (χ0) is 18.5. The van der Waals surface area contributed by atoms with E-state index >= 15 is 0 Å². The zero-order valence-electron chi connectivity index (χ0n) is 14.9. The number of benzene rings is 1. The summed E-state index contributed by atoms with van der Waals surface area (Å²) in [6.07, 6.45) is 0. The molecule has 134 valence electrons.